The predicted molar refractivity (Wildman–Crippen MR) is 125 cm³/mol. The van der Waals surface area contributed by atoms with Crippen molar-refractivity contribution in [2.45, 2.75) is 39.0 Å². The van der Waals surface area contributed by atoms with Gasteiger partial charge in [0.1, 0.15) is 0 Å². The highest BCUT2D eigenvalue weighted by molar-refractivity contribution is 7.89. The van der Waals surface area contributed by atoms with E-state index in [4.69, 9.17) is 0 Å². The predicted octanol–water partition coefficient (Wildman–Crippen LogP) is 4.83. The lowest BCUT2D eigenvalue weighted by atomic mass is 9.94. The van der Waals surface area contributed by atoms with Crippen LogP contribution in [0.5, 0.6) is 0 Å². The quantitative estimate of drug-likeness (QED) is 0.608. The summed E-state index contributed by atoms with van der Waals surface area (Å²) in [6, 6.07) is 10.2. The zero-order chi connectivity index (χ0) is 22.3. The molecule has 2 aromatic carbocycles. The molecule has 1 amide bonds. The third-order valence-electron chi connectivity index (χ3n) is 5.63. The zero-order valence-electron chi connectivity index (χ0n) is 18.2. The van der Waals surface area contributed by atoms with Crippen molar-refractivity contribution in [2.24, 2.45) is 11.8 Å². The molecular formula is C23H27N3O3S2. The minimum absolute atomic E-state index is 0.219. The third-order valence-corrected chi connectivity index (χ3v) is 8.60. The molecule has 8 heteroatoms. The topological polar surface area (TPSA) is 79.4 Å². The molecule has 2 atom stereocenters. The highest BCUT2D eigenvalue weighted by Crippen LogP contribution is 2.30. The van der Waals surface area contributed by atoms with Crippen molar-refractivity contribution in [1.82, 2.24) is 9.29 Å². The highest BCUT2D eigenvalue weighted by Gasteiger charge is 2.31. The van der Waals surface area contributed by atoms with Gasteiger partial charge in [0.2, 0.25) is 10.0 Å². The van der Waals surface area contributed by atoms with Crippen molar-refractivity contribution in [3.8, 4) is 0 Å². The number of hydrogen-bond donors (Lipinski definition) is 1. The molecule has 1 aliphatic rings. The second-order valence-electron chi connectivity index (χ2n) is 8.70. The molecule has 31 heavy (non-hydrogen) atoms. The van der Waals surface area contributed by atoms with Crippen LogP contribution in [-0.2, 0) is 10.0 Å². The van der Waals surface area contributed by atoms with Gasteiger partial charge in [-0.05, 0) is 73.6 Å². The van der Waals surface area contributed by atoms with E-state index in [1.165, 1.54) is 23.5 Å². The Hall–Kier alpha value is -2.29. The number of anilines is 1. The van der Waals surface area contributed by atoms with E-state index in [1.807, 2.05) is 19.9 Å². The number of carbonyl (C=O) groups excluding carboxylic acids is 1. The second-order valence-corrected chi connectivity index (χ2v) is 11.6. The fraction of sp³-hybridized carbons (Fsp3) is 0.391. The maximum atomic E-state index is 13.0. The van der Waals surface area contributed by atoms with Crippen molar-refractivity contribution in [2.75, 3.05) is 18.4 Å². The number of benzene rings is 2. The number of thiazole rings is 1. The molecule has 0 unspecified atom stereocenters. The molecule has 1 aliphatic heterocycles. The molecule has 4 rings (SSSR count). The van der Waals surface area contributed by atoms with Gasteiger partial charge in [-0.15, -0.1) is 0 Å². The number of fused-ring (bicyclic) bond motifs is 1. The summed E-state index contributed by atoms with van der Waals surface area (Å²) in [5, 5.41) is 3.37. The summed E-state index contributed by atoms with van der Waals surface area (Å²) in [6.07, 6.45) is 1.04. The zero-order valence-corrected chi connectivity index (χ0v) is 19.8. The Kier molecular flexibility index (Phi) is 5.89. The van der Waals surface area contributed by atoms with Gasteiger partial charge in [0.05, 0.1) is 15.1 Å². The molecule has 1 saturated heterocycles. The molecule has 0 saturated carbocycles. The van der Waals surface area contributed by atoms with Crippen molar-refractivity contribution in [1.29, 1.82) is 0 Å². The molecule has 0 spiro atoms. The van der Waals surface area contributed by atoms with E-state index in [-0.39, 0.29) is 10.8 Å². The smallest absolute Gasteiger partial charge is 0.257 e. The largest absolute Gasteiger partial charge is 0.298 e. The molecule has 1 fully saturated rings. The van der Waals surface area contributed by atoms with Crippen LogP contribution in [0.1, 0.15) is 41.8 Å². The summed E-state index contributed by atoms with van der Waals surface area (Å²) < 4.78 is 28.7. The summed E-state index contributed by atoms with van der Waals surface area (Å²) in [6.45, 7) is 9.27. The standard InChI is InChI=1S/C23H27N3O3S2/c1-14-10-17(4)21-20(11-14)24-23(30-21)25-22(27)18-5-7-19(8-6-18)31(28,29)26-12-15(2)9-16(3)13-26/h5-8,10-11,15-16H,9,12-13H2,1-4H3,(H,24,25,27)/t15-,16+. The molecule has 2 heterocycles. The van der Waals surface area contributed by atoms with Gasteiger partial charge in [0, 0.05) is 18.7 Å². The number of piperidine rings is 1. The van der Waals surface area contributed by atoms with E-state index in [0.717, 1.165) is 27.8 Å². The summed E-state index contributed by atoms with van der Waals surface area (Å²) in [4.78, 5) is 17.4. The Bertz CT molecular complexity index is 1220. The average molecular weight is 458 g/mol. The molecule has 164 valence electrons. The lowest BCUT2D eigenvalue weighted by molar-refractivity contribution is 0.102. The van der Waals surface area contributed by atoms with Crippen LogP contribution < -0.4 is 5.32 Å². The van der Waals surface area contributed by atoms with E-state index >= 15 is 0 Å². The van der Waals surface area contributed by atoms with Crippen molar-refractivity contribution < 1.29 is 13.2 Å². The summed E-state index contributed by atoms with van der Waals surface area (Å²) in [5.41, 5.74) is 3.52. The third kappa shape index (κ3) is 4.51. The number of aromatic nitrogens is 1. The van der Waals surface area contributed by atoms with Crippen LogP contribution in [-0.4, -0.2) is 36.7 Å². The Morgan fingerprint density at radius 3 is 2.39 bits per heavy atom. The van der Waals surface area contributed by atoms with Gasteiger partial charge in [0.25, 0.3) is 5.91 Å². The lowest BCUT2D eigenvalue weighted by Crippen LogP contribution is -2.42. The first-order valence-corrected chi connectivity index (χ1v) is 12.7. The van der Waals surface area contributed by atoms with Gasteiger partial charge < -0.3 is 0 Å². The van der Waals surface area contributed by atoms with Crippen LogP contribution in [0.25, 0.3) is 10.2 Å². The number of sulfonamides is 1. The van der Waals surface area contributed by atoms with E-state index in [1.54, 1.807) is 16.4 Å². The minimum atomic E-state index is -3.56. The van der Waals surface area contributed by atoms with E-state index in [0.29, 0.717) is 35.6 Å². The molecule has 6 nitrogen and oxygen atoms in total. The van der Waals surface area contributed by atoms with Crippen LogP contribution in [0.2, 0.25) is 0 Å². The van der Waals surface area contributed by atoms with Gasteiger partial charge in [0.15, 0.2) is 5.13 Å². The fourth-order valence-electron chi connectivity index (χ4n) is 4.33. The molecular weight excluding hydrogens is 430 g/mol. The lowest BCUT2D eigenvalue weighted by Gasteiger charge is -2.34. The van der Waals surface area contributed by atoms with Crippen LogP contribution >= 0.6 is 11.3 Å². The molecule has 0 bridgehead atoms. The number of amides is 1. The van der Waals surface area contributed by atoms with Crippen molar-refractivity contribution in [3.05, 3.63) is 53.1 Å². The molecule has 1 aromatic heterocycles. The van der Waals surface area contributed by atoms with Crippen molar-refractivity contribution >= 4 is 42.6 Å². The maximum absolute atomic E-state index is 13.0. The minimum Gasteiger partial charge on any atom is -0.298 e. The number of nitrogens with one attached hydrogen (secondary N) is 1. The SMILES string of the molecule is Cc1cc(C)c2sc(NC(=O)c3ccc(S(=O)(=O)N4C[C@H](C)C[C@H](C)C4)cc3)nc2c1. The molecule has 0 aliphatic carbocycles. The molecule has 0 radical (unpaired) electrons. The first-order chi connectivity index (χ1) is 14.6. The first kappa shape index (κ1) is 21.9. The molecule has 3 aromatic rings. The summed E-state index contributed by atoms with van der Waals surface area (Å²) in [7, 11) is -3.56. The van der Waals surface area contributed by atoms with Gasteiger partial charge >= 0.3 is 0 Å². The van der Waals surface area contributed by atoms with Crippen LogP contribution in [0.4, 0.5) is 5.13 Å². The van der Waals surface area contributed by atoms with E-state index < -0.39 is 10.0 Å². The second kappa shape index (κ2) is 8.33. The summed E-state index contributed by atoms with van der Waals surface area (Å²) in [5.74, 6) is 0.368. The van der Waals surface area contributed by atoms with Gasteiger partial charge in [-0.3, -0.25) is 10.1 Å². The Morgan fingerprint density at radius 1 is 1.10 bits per heavy atom. The van der Waals surface area contributed by atoms with Gasteiger partial charge in [-0.1, -0.05) is 31.3 Å². The fourth-order valence-corrected chi connectivity index (χ4v) is 6.92. The Balaban J connectivity index is 1.51. The molecule has 1 N–H and O–H groups in total. The number of hydrogen-bond acceptors (Lipinski definition) is 5. The normalized spacial score (nSPS) is 20.1. The van der Waals surface area contributed by atoms with Crippen LogP contribution in [0.15, 0.2) is 41.3 Å². The highest BCUT2D eigenvalue weighted by atomic mass is 32.2. The number of rotatable bonds is 4. The average Bonchev–Trinajstić information content (AvgIpc) is 3.10. The number of aryl methyl sites for hydroxylation is 2. The van der Waals surface area contributed by atoms with Crippen LogP contribution in [0.3, 0.4) is 0 Å². The monoisotopic (exact) mass is 457 g/mol. The van der Waals surface area contributed by atoms with Gasteiger partial charge in [-0.25, -0.2) is 13.4 Å². The Morgan fingerprint density at radius 2 is 1.74 bits per heavy atom. The van der Waals surface area contributed by atoms with E-state index in [2.05, 4.69) is 30.2 Å². The van der Waals surface area contributed by atoms with Gasteiger partial charge in [-0.2, -0.15) is 4.31 Å². The Labute approximate surface area is 187 Å². The van der Waals surface area contributed by atoms with Crippen molar-refractivity contribution in [3.63, 3.8) is 0 Å². The number of carbonyl (C=O) groups is 1. The number of nitrogens with zero attached hydrogens (tertiary/aromatic N) is 2. The summed E-state index contributed by atoms with van der Waals surface area (Å²) >= 11 is 1.44. The van der Waals surface area contributed by atoms with E-state index in [9.17, 15) is 13.2 Å². The first-order valence-electron chi connectivity index (χ1n) is 10.4. The maximum Gasteiger partial charge on any atom is 0.257 e. The van der Waals surface area contributed by atoms with Crippen LogP contribution in [0, 0.1) is 25.7 Å².